The minimum absolute atomic E-state index is 0.0773. The minimum atomic E-state index is -0.500. The monoisotopic (exact) mass is 494 g/mol. The molecule has 2 aromatic carbocycles. The Hall–Kier alpha value is -2.43. The van der Waals surface area contributed by atoms with Gasteiger partial charge in [-0.1, -0.05) is 73.3 Å². The Bertz CT molecular complexity index is 1110. The maximum Gasteiger partial charge on any atom is 0.314 e. The molecular formula is C29H31ClO3S. The van der Waals surface area contributed by atoms with Crippen molar-refractivity contribution in [3.63, 3.8) is 0 Å². The lowest BCUT2D eigenvalue weighted by molar-refractivity contribution is -0.149. The molecule has 34 heavy (non-hydrogen) atoms. The maximum atomic E-state index is 13.5. The molecule has 0 radical (unpaired) electrons. The lowest BCUT2D eigenvalue weighted by Crippen LogP contribution is -2.22. The van der Waals surface area contributed by atoms with E-state index in [4.69, 9.17) is 16.3 Å². The topological polar surface area (TPSA) is 43.4 Å². The summed E-state index contributed by atoms with van der Waals surface area (Å²) in [5, 5.41) is 0.653. The molecule has 5 heteroatoms. The van der Waals surface area contributed by atoms with E-state index in [2.05, 4.69) is 0 Å². The molecule has 1 heterocycles. The van der Waals surface area contributed by atoms with Crippen LogP contribution in [0.2, 0.25) is 5.02 Å². The normalized spacial score (nSPS) is 15.3. The fraction of sp³-hybridized carbons (Fsp3) is 0.379. The van der Waals surface area contributed by atoms with Crippen LogP contribution in [-0.2, 0) is 16.0 Å². The second kappa shape index (κ2) is 11.3. The Morgan fingerprint density at radius 1 is 1.00 bits per heavy atom. The van der Waals surface area contributed by atoms with Crippen molar-refractivity contribution in [2.24, 2.45) is 5.92 Å². The van der Waals surface area contributed by atoms with Crippen molar-refractivity contribution in [2.75, 3.05) is 0 Å². The highest BCUT2D eigenvalue weighted by Crippen LogP contribution is 2.41. The van der Waals surface area contributed by atoms with Crippen LogP contribution in [0.15, 0.2) is 60.7 Å². The van der Waals surface area contributed by atoms with Crippen molar-refractivity contribution < 1.29 is 14.3 Å². The quantitative estimate of drug-likeness (QED) is 0.234. The third-order valence-corrected chi connectivity index (χ3v) is 7.85. The van der Waals surface area contributed by atoms with Crippen LogP contribution in [0.3, 0.4) is 0 Å². The number of thiophene rings is 1. The SMILES string of the molecule is CC(C)OC(=O)C(Cc1ccccc1)c1cc(C(=O)C2CCCCC2)sc1-c1ccc(Cl)cc1. The van der Waals surface area contributed by atoms with Gasteiger partial charge in [0, 0.05) is 15.8 Å². The van der Waals surface area contributed by atoms with E-state index in [1.807, 2.05) is 74.5 Å². The lowest BCUT2D eigenvalue weighted by atomic mass is 9.85. The molecule has 4 rings (SSSR count). The van der Waals surface area contributed by atoms with Gasteiger partial charge in [0.05, 0.1) is 16.9 Å². The third-order valence-electron chi connectivity index (χ3n) is 6.38. The van der Waals surface area contributed by atoms with Crippen LogP contribution < -0.4 is 0 Å². The number of carbonyl (C=O) groups is 2. The summed E-state index contributed by atoms with van der Waals surface area (Å²) in [5.41, 5.74) is 2.88. The maximum absolute atomic E-state index is 13.5. The highest BCUT2D eigenvalue weighted by Gasteiger charge is 2.31. The van der Waals surface area contributed by atoms with E-state index in [1.165, 1.54) is 17.8 Å². The van der Waals surface area contributed by atoms with Gasteiger partial charge in [0.1, 0.15) is 0 Å². The van der Waals surface area contributed by atoms with Crippen molar-refractivity contribution in [3.05, 3.63) is 81.7 Å². The van der Waals surface area contributed by atoms with Gasteiger partial charge in [-0.15, -0.1) is 11.3 Å². The average molecular weight is 495 g/mol. The average Bonchev–Trinajstić information content (AvgIpc) is 3.28. The first-order valence-corrected chi connectivity index (χ1v) is 13.3. The number of Topliss-reactive ketones (excluding diaryl/α,β-unsaturated/α-hetero) is 1. The summed E-state index contributed by atoms with van der Waals surface area (Å²) in [4.78, 5) is 28.5. The summed E-state index contributed by atoms with van der Waals surface area (Å²) in [7, 11) is 0. The predicted octanol–water partition coefficient (Wildman–Crippen LogP) is 8.11. The zero-order valence-corrected chi connectivity index (χ0v) is 21.3. The summed E-state index contributed by atoms with van der Waals surface area (Å²) in [6.45, 7) is 3.73. The lowest BCUT2D eigenvalue weighted by Gasteiger charge is -2.19. The largest absolute Gasteiger partial charge is 0.462 e. The van der Waals surface area contributed by atoms with E-state index in [9.17, 15) is 9.59 Å². The van der Waals surface area contributed by atoms with E-state index >= 15 is 0 Å². The molecule has 1 unspecified atom stereocenters. The molecule has 3 nitrogen and oxygen atoms in total. The van der Waals surface area contributed by atoms with Gasteiger partial charge in [0.2, 0.25) is 0 Å². The van der Waals surface area contributed by atoms with Crippen molar-refractivity contribution >= 4 is 34.7 Å². The molecule has 1 aromatic heterocycles. The van der Waals surface area contributed by atoms with Gasteiger partial charge in [-0.25, -0.2) is 0 Å². The first kappa shape index (κ1) is 24.7. The van der Waals surface area contributed by atoms with Crippen molar-refractivity contribution in [2.45, 2.75) is 64.4 Å². The molecule has 0 N–H and O–H groups in total. The van der Waals surface area contributed by atoms with Gasteiger partial charge in [0.15, 0.2) is 5.78 Å². The summed E-state index contributed by atoms with van der Waals surface area (Å²) < 4.78 is 5.69. The van der Waals surface area contributed by atoms with E-state index < -0.39 is 5.92 Å². The fourth-order valence-electron chi connectivity index (χ4n) is 4.66. The van der Waals surface area contributed by atoms with Gasteiger partial charge in [0.25, 0.3) is 0 Å². The van der Waals surface area contributed by atoms with E-state index in [0.29, 0.717) is 11.4 Å². The number of rotatable bonds is 8. The second-order valence-electron chi connectivity index (χ2n) is 9.33. The molecule has 178 valence electrons. The highest BCUT2D eigenvalue weighted by atomic mass is 35.5. The van der Waals surface area contributed by atoms with Gasteiger partial charge in [-0.3, -0.25) is 9.59 Å². The van der Waals surface area contributed by atoms with E-state index in [1.54, 1.807) is 0 Å². The van der Waals surface area contributed by atoms with E-state index in [0.717, 1.165) is 52.1 Å². The van der Waals surface area contributed by atoms with Gasteiger partial charge in [-0.2, -0.15) is 0 Å². The first-order valence-electron chi connectivity index (χ1n) is 12.1. The third kappa shape index (κ3) is 5.97. The van der Waals surface area contributed by atoms with Crippen LogP contribution in [0.5, 0.6) is 0 Å². The fourth-order valence-corrected chi connectivity index (χ4v) is 6.03. The Balaban J connectivity index is 1.78. The number of ether oxygens (including phenoxy) is 1. The van der Waals surface area contributed by atoms with Crippen LogP contribution in [0.1, 0.15) is 72.7 Å². The van der Waals surface area contributed by atoms with Crippen molar-refractivity contribution in [1.82, 2.24) is 0 Å². The smallest absolute Gasteiger partial charge is 0.314 e. The number of benzene rings is 2. The second-order valence-corrected chi connectivity index (χ2v) is 10.8. The van der Waals surface area contributed by atoms with Gasteiger partial charge >= 0.3 is 5.97 Å². The molecule has 0 saturated heterocycles. The first-order chi connectivity index (χ1) is 16.4. The van der Waals surface area contributed by atoms with Crippen LogP contribution in [0, 0.1) is 5.92 Å². The Kier molecular flexibility index (Phi) is 8.23. The summed E-state index contributed by atoms with van der Waals surface area (Å²) in [6.07, 6.45) is 5.62. The zero-order chi connectivity index (χ0) is 24.1. The molecule has 1 atom stereocenters. The zero-order valence-electron chi connectivity index (χ0n) is 19.8. The van der Waals surface area contributed by atoms with Crippen LogP contribution in [0.25, 0.3) is 10.4 Å². The Labute approximate surface area is 211 Å². The summed E-state index contributed by atoms with van der Waals surface area (Å²) in [5.74, 6) is -0.474. The number of hydrogen-bond donors (Lipinski definition) is 0. The number of hydrogen-bond acceptors (Lipinski definition) is 4. The molecule has 1 saturated carbocycles. The van der Waals surface area contributed by atoms with Crippen LogP contribution >= 0.6 is 22.9 Å². The molecule has 1 fully saturated rings. The molecule has 3 aromatic rings. The number of halogens is 1. The predicted molar refractivity (Wildman–Crippen MR) is 140 cm³/mol. The Morgan fingerprint density at radius 2 is 1.68 bits per heavy atom. The van der Waals surface area contributed by atoms with Gasteiger partial charge < -0.3 is 4.74 Å². The number of ketones is 1. The molecule has 1 aliphatic carbocycles. The molecule has 0 bridgehead atoms. The van der Waals surface area contributed by atoms with Crippen LogP contribution in [-0.4, -0.2) is 17.9 Å². The number of carbonyl (C=O) groups excluding carboxylic acids is 2. The standard InChI is InChI=1S/C29H31ClO3S/c1-19(2)33-29(32)25(17-20-9-5-3-6-10-20)24-18-26(27(31)21-11-7-4-8-12-21)34-28(24)22-13-15-23(30)16-14-22/h3,5-6,9-10,13-16,18-19,21,25H,4,7-8,11-12,17H2,1-2H3. The van der Waals surface area contributed by atoms with Gasteiger partial charge in [-0.05, 0) is 68.0 Å². The molecular weight excluding hydrogens is 464 g/mol. The summed E-state index contributed by atoms with van der Waals surface area (Å²) >= 11 is 7.64. The molecule has 0 aliphatic heterocycles. The minimum Gasteiger partial charge on any atom is -0.462 e. The Morgan fingerprint density at radius 3 is 2.32 bits per heavy atom. The van der Waals surface area contributed by atoms with E-state index in [-0.39, 0.29) is 23.8 Å². The highest BCUT2D eigenvalue weighted by molar-refractivity contribution is 7.17. The van der Waals surface area contributed by atoms with Crippen LogP contribution in [0.4, 0.5) is 0 Å². The molecule has 0 amide bonds. The molecule has 1 aliphatic rings. The molecule has 0 spiro atoms. The number of esters is 1. The van der Waals surface area contributed by atoms with Crippen molar-refractivity contribution in [1.29, 1.82) is 0 Å². The summed E-state index contributed by atoms with van der Waals surface area (Å²) in [6, 6.07) is 19.5. The van der Waals surface area contributed by atoms with Crippen molar-refractivity contribution in [3.8, 4) is 10.4 Å².